The van der Waals surface area contributed by atoms with Crippen molar-refractivity contribution in [1.82, 2.24) is 0 Å². The van der Waals surface area contributed by atoms with Gasteiger partial charge in [0.25, 0.3) is 0 Å². The van der Waals surface area contributed by atoms with Crippen molar-refractivity contribution < 1.29 is 4.39 Å². The Kier molecular flexibility index (Phi) is 2.56. The number of anilines is 1. The van der Waals surface area contributed by atoms with Gasteiger partial charge in [-0.05, 0) is 39.5 Å². The zero-order valence-electron chi connectivity index (χ0n) is 7.13. The van der Waals surface area contributed by atoms with Crippen molar-refractivity contribution in [3.8, 4) is 11.1 Å². The van der Waals surface area contributed by atoms with E-state index in [0.29, 0.717) is 11.3 Å². The van der Waals surface area contributed by atoms with Crippen LogP contribution in [0.4, 0.5) is 10.1 Å². The fourth-order valence-corrected chi connectivity index (χ4v) is 2.73. The summed E-state index contributed by atoms with van der Waals surface area (Å²) in [6.45, 7) is 0. The molecule has 14 heavy (non-hydrogen) atoms. The van der Waals surface area contributed by atoms with Gasteiger partial charge in [0.1, 0.15) is 5.82 Å². The zero-order valence-corrected chi connectivity index (χ0v) is 9.53. The molecule has 72 valence electrons. The second-order valence-corrected chi connectivity index (χ2v) is 4.47. The minimum atomic E-state index is -0.288. The lowest BCUT2D eigenvalue weighted by molar-refractivity contribution is 0.632. The lowest BCUT2D eigenvalue weighted by atomic mass is 10.1. The van der Waals surface area contributed by atoms with Crippen LogP contribution in [0.2, 0.25) is 0 Å². The molecule has 0 aliphatic carbocycles. The van der Waals surface area contributed by atoms with E-state index in [1.165, 1.54) is 17.4 Å². The summed E-state index contributed by atoms with van der Waals surface area (Å²) in [4.78, 5) is 0. The number of hydrogen-bond acceptors (Lipinski definition) is 2. The first-order valence-corrected chi connectivity index (χ1v) is 5.69. The van der Waals surface area contributed by atoms with Crippen LogP contribution in [0, 0.1) is 5.82 Å². The van der Waals surface area contributed by atoms with Crippen molar-refractivity contribution in [3.05, 3.63) is 39.2 Å². The first-order valence-electron chi connectivity index (χ1n) is 3.95. The third-order valence-electron chi connectivity index (χ3n) is 1.90. The molecule has 0 aliphatic rings. The topological polar surface area (TPSA) is 26.0 Å². The van der Waals surface area contributed by atoms with Gasteiger partial charge in [0.05, 0.1) is 0 Å². The summed E-state index contributed by atoms with van der Waals surface area (Å²) in [6.07, 6.45) is 0. The van der Waals surface area contributed by atoms with Crippen LogP contribution in [0.15, 0.2) is 33.4 Å². The van der Waals surface area contributed by atoms with Gasteiger partial charge in [0.15, 0.2) is 0 Å². The van der Waals surface area contributed by atoms with Gasteiger partial charge in [-0.15, -0.1) is 0 Å². The van der Waals surface area contributed by atoms with Crippen LogP contribution in [0.3, 0.4) is 0 Å². The van der Waals surface area contributed by atoms with E-state index in [4.69, 9.17) is 5.73 Å². The predicted octanol–water partition coefficient (Wildman–Crippen LogP) is 3.90. The molecule has 4 heteroatoms. The number of nitrogen functional groups attached to an aromatic ring is 1. The van der Waals surface area contributed by atoms with Gasteiger partial charge in [-0.2, -0.15) is 11.3 Å². The molecule has 0 saturated carbocycles. The molecular formula is C10H7BrFNS. The van der Waals surface area contributed by atoms with Crippen molar-refractivity contribution in [2.75, 3.05) is 5.73 Å². The number of halogens is 2. The molecule has 0 amide bonds. The Morgan fingerprint density at radius 3 is 2.57 bits per heavy atom. The van der Waals surface area contributed by atoms with Crippen LogP contribution in [-0.2, 0) is 0 Å². The fraction of sp³-hybridized carbons (Fsp3) is 0. The summed E-state index contributed by atoms with van der Waals surface area (Å²) < 4.78 is 14.4. The van der Waals surface area contributed by atoms with Crippen molar-refractivity contribution >= 4 is 33.0 Å². The number of rotatable bonds is 1. The molecule has 0 unspecified atom stereocenters. The van der Waals surface area contributed by atoms with E-state index in [2.05, 4.69) is 15.9 Å². The maximum Gasteiger partial charge on any atom is 0.133 e. The lowest BCUT2D eigenvalue weighted by Gasteiger charge is -2.02. The van der Waals surface area contributed by atoms with Crippen LogP contribution in [0.25, 0.3) is 11.1 Å². The Morgan fingerprint density at radius 2 is 2.00 bits per heavy atom. The number of benzene rings is 1. The quantitative estimate of drug-likeness (QED) is 0.783. The highest BCUT2D eigenvalue weighted by Gasteiger charge is 2.09. The first-order chi connectivity index (χ1) is 6.68. The summed E-state index contributed by atoms with van der Waals surface area (Å²) in [7, 11) is 0. The van der Waals surface area contributed by atoms with Gasteiger partial charge in [-0.1, -0.05) is 0 Å². The van der Waals surface area contributed by atoms with E-state index < -0.39 is 0 Å². The normalized spacial score (nSPS) is 10.4. The van der Waals surface area contributed by atoms with E-state index in [-0.39, 0.29) is 5.82 Å². The Labute approximate surface area is 93.5 Å². The van der Waals surface area contributed by atoms with Crippen molar-refractivity contribution in [2.24, 2.45) is 0 Å². The standard InChI is InChI=1S/C10H7BrFNS/c11-9-5-14-4-8(9)7-2-1-6(13)3-10(7)12/h1-5H,13H2. The Morgan fingerprint density at radius 1 is 1.21 bits per heavy atom. The fourth-order valence-electron chi connectivity index (χ4n) is 1.22. The predicted molar refractivity (Wildman–Crippen MR) is 61.8 cm³/mol. The van der Waals surface area contributed by atoms with E-state index in [1.807, 2.05) is 10.8 Å². The van der Waals surface area contributed by atoms with Gasteiger partial charge in [-0.25, -0.2) is 4.39 Å². The second-order valence-electron chi connectivity index (χ2n) is 2.87. The second kappa shape index (κ2) is 3.71. The summed E-state index contributed by atoms with van der Waals surface area (Å²) in [5.74, 6) is -0.288. The third kappa shape index (κ3) is 1.67. The molecule has 1 heterocycles. The van der Waals surface area contributed by atoms with Gasteiger partial charge >= 0.3 is 0 Å². The van der Waals surface area contributed by atoms with Gasteiger partial charge < -0.3 is 5.73 Å². The molecule has 0 bridgehead atoms. The van der Waals surface area contributed by atoms with E-state index in [1.54, 1.807) is 12.1 Å². The van der Waals surface area contributed by atoms with E-state index in [9.17, 15) is 4.39 Å². The molecule has 0 fully saturated rings. The van der Waals surface area contributed by atoms with E-state index >= 15 is 0 Å². The summed E-state index contributed by atoms with van der Waals surface area (Å²) >= 11 is 4.90. The maximum absolute atomic E-state index is 13.5. The maximum atomic E-state index is 13.5. The van der Waals surface area contributed by atoms with Crippen LogP contribution in [-0.4, -0.2) is 0 Å². The molecule has 2 rings (SSSR count). The minimum Gasteiger partial charge on any atom is -0.399 e. The molecule has 0 radical (unpaired) electrons. The average Bonchev–Trinajstić information content (AvgIpc) is 2.52. The van der Waals surface area contributed by atoms with Crippen molar-refractivity contribution in [3.63, 3.8) is 0 Å². The average molecular weight is 272 g/mol. The highest BCUT2D eigenvalue weighted by Crippen LogP contribution is 2.33. The lowest BCUT2D eigenvalue weighted by Crippen LogP contribution is -1.88. The zero-order chi connectivity index (χ0) is 10.1. The largest absolute Gasteiger partial charge is 0.399 e. The third-order valence-corrected chi connectivity index (χ3v) is 3.60. The molecule has 2 aromatic rings. The number of thiophene rings is 1. The molecule has 2 N–H and O–H groups in total. The monoisotopic (exact) mass is 271 g/mol. The molecule has 0 saturated heterocycles. The number of hydrogen-bond donors (Lipinski definition) is 1. The van der Waals surface area contributed by atoms with Crippen molar-refractivity contribution in [1.29, 1.82) is 0 Å². The molecule has 1 aromatic carbocycles. The summed E-state index contributed by atoms with van der Waals surface area (Å²) in [5, 5.41) is 3.82. The molecule has 0 atom stereocenters. The van der Waals surface area contributed by atoms with Gasteiger partial charge in [-0.3, -0.25) is 0 Å². The minimum absolute atomic E-state index is 0.288. The van der Waals surface area contributed by atoms with Gasteiger partial charge in [0.2, 0.25) is 0 Å². The molecule has 0 spiro atoms. The molecular weight excluding hydrogens is 265 g/mol. The highest BCUT2D eigenvalue weighted by atomic mass is 79.9. The highest BCUT2D eigenvalue weighted by molar-refractivity contribution is 9.10. The number of nitrogens with two attached hydrogens (primary N) is 1. The molecule has 1 nitrogen and oxygen atoms in total. The Balaban J connectivity index is 2.58. The molecule has 0 aliphatic heterocycles. The Bertz CT molecular complexity index is 467. The van der Waals surface area contributed by atoms with Crippen LogP contribution < -0.4 is 5.73 Å². The van der Waals surface area contributed by atoms with Gasteiger partial charge in [0, 0.05) is 26.7 Å². The van der Waals surface area contributed by atoms with Crippen molar-refractivity contribution in [2.45, 2.75) is 0 Å². The summed E-state index contributed by atoms with van der Waals surface area (Å²) in [5.41, 5.74) is 7.36. The first kappa shape index (κ1) is 9.68. The summed E-state index contributed by atoms with van der Waals surface area (Å²) in [6, 6.07) is 4.72. The van der Waals surface area contributed by atoms with Crippen LogP contribution in [0.5, 0.6) is 0 Å². The Hall–Kier alpha value is -0.870. The van der Waals surface area contributed by atoms with E-state index in [0.717, 1.165) is 10.0 Å². The molecule has 1 aromatic heterocycles. The van der Waals surface area contributed by atoms with Crippen LogP contribution >= 0.6 is 27.3 Å². The smallest absolute Gasteiger partial charge is 0.133 e. The van der Waals surface area contributed by atoms with Crippen LogP contribution in [0.1, 0.15) is 0 Å². The SMILES string of the molecule is Nc1ccc(-c2cscc2Br)c(F)c1.